The first-order chi connectivity index (χ1) is 8.66. The van der Waals surface area contributed by atoms with Crippen LogP contribution in [0.3, 0.4) is 0 Å². The van der Waals surface area contributed by atoms with Crippen LogP contribution in [0.4, 0.5) is 4.39 Å². The molecular formula is C13H17FN2O2. The van der Waals surface area contributed by atoms with Gasteiger partial charge in [0.05, 0.1) is 0 Å². The Labute approximate surface area is 105 Å². The number of carbonyl (C=O) groups is 1. The summed E-state index contributed by atoms with van der Waals surface area (Å²) < 4.78 is 18.8. The summed E-state index contributed by atoms with van der Waals surface area (Å²) in [7, 11) is 0. The van der Waals surface area contributed by atoms with Crippen molar-refractivity contribution >= 4 is 5.91 Å². The Morgan fingerprint density at radius 2 is 2.17 bits per heavy atom. The molecule has 1 fully saturated rings. The third-order valence-electron chi connectivity index (χ3n) is 3.13. The van der Waals surface area contributed by atoms with E-state index in [0.29, 0.717) is 23.7 Å². The van der Waals surface area contributed by atoms with Gasteiger partial charge in [0.15, 0.2) is 0 Å². The number of nitrogens with two attached hydrogens (primary N) is 1. The van der Waals surface area contributed by atoms with Gasteiger partial charge in [0.25, 0.3) is 0 Å². The number of nitrogens with one attached hydrogen (secondary N) is 1. The first kappa shape index (κ1) is 13.0. The molecule has 2 rings (SSSR count). The first-order valence-corrected chi connectivity index (χ1v) is 6.06. The Kier molecular flexibility index (Phi) is 4.28. The number of carbonyl (C=O) groups excluding carboxylic acids is 1. The van der Waals surface area contributed by atoms with Crippen molar-refractivity contribution in [1.29, 1.82) is 0 Å². The van der Waals surface area contributed by atoms with Crippen LogP contribution in [0.25, 0.3) is 0 Å². The van der Waals surface area contributed by atoms with Crippen LogP contribution in [0.1, 0.15) is 28.8 Å². The number of hydrogen-bond donors (Lipinski definition) is 2. The van der Waals surface area contributed by atoms with Crippen molar-refractivity contribution in [3.63, 3.8) is 0 Å². The van der Waals surface area contributed by atoms with Crippen LogP contribution in [-0.2, 0) is 11.3 Å². The minimum atomic E-state index is -0.540. The Bertz CT molecular complexity index is 431. The predicted molar refractivity (Wildman–Crippen MR) is 65.6 cm³/mol. The lowest BCUT2D eigenvalue weighted by molar-refractivity contribution is 0.0775. The van der Waals surface area contributed by atoms with Gasteiger partial charge in [0, 0.05) is 36.9 Å². The molecule has 0 bridgehead atoms. The number of rotatable bonds is 4. The van der Waals surface area contributed by atoms with E-state index in [2.05, 4.69) is 5.32 Å². The average molecular weight is 252 g/mol. The summed E-state index contributed by atoms with van der Waals surface area (Å²) >= 11 is 0. The maximum absolute atomic E-state index is 13.6. The predicted octanol–water partition coefficient (Wildman–Crippen LogP) is 1.19. The van der Waals surface area contributed by atoms with E-state index in [4.69, 9.17) is 10.5 Å². The van der Waals surface area contributed by atoms with Gasteiger partial charge in [-0.15, -0.1) is 0 Å². The molecule has 0 unspecified atom stereocenters. The number of ether oxygens (including phenoxy) is 1. The smallest absolute Gasteiger partial charge is 0.248 e. The van der Waals surface area contributed by atoms with Crippen LogP contribution < -0.4 is 11.1 Å². The first-order valence-electron chi connectivity index (χ1n) is 6.06. The second-order valence-corrected chi connectivity index (χ2v) is 4.44. The van der Waals surface area contributed by atoms with E-state index >= 15 is 0 Å². The van der Waals surface area contributed by atoms with E-state index in [9.17, 15) is 9.18 Å². The quantitative estimate of drug-likeness (QED) is 0.846. The highest BCUT2D eigenvalue weighted by Crippen LogP contribution is 2.12. The van der Waals surface area contributed by atoms with Gasteiger partial charge >= 0.3 is 0 Å². The zero-order valence-electron chi connectivity index (χ0n) is 10.1. The monoisotopic (exact) mass is 252 g/mol. The fourth-order valence-corrected chi connectivity index (χ4v) is 2.02. The molecule has 0 aromatic heterocycles. The van der Waals surface area contributed by atoms with Crippen LogP contribution in [0.15, 0.2) is 18.2 Å². The molecule has 1 aliphatic heterocycles. The van der Waals surface area contributed by atoms with Gasteiger partial charge in [-0.25, -0.2) is 4.39 Å². The maximum Gasteiger partial charge on any atom is 0.248 e. The summed E-state index contributed by atoms with van der Waals surface area (Å²) in [4.78, 5) is 11.0. The van der Waals surface area contributed by atoms with Gasteiger partial charge in [0.2, 0.25) is 5.91 Å². The molecule has 1 heterocycles. The highest BCUT2D eigenvalue weighted by molar-refractivity contribution is 5.92. The zero-order valence-corrected chi connectivity index (χ0v) is 10.1. The van der Waals surface area contributed by atoms with E-state index in [1.54, 1.807) is 0 Å². The summed E-state index contributed by atoms with van der Waals surface area (Å²) in [5.74, 6) is -0.859. The van der Waals surface area contributed by atoms with Gasteiger partial charge in [-0.05, 0) is 31.0 Å². The lowest BCUT2D eigenvalue weighted by atomic mass is 10.1. The summed E-state index contributed by atoms with van der Waals surface area (Å²) in [6.07, 6.45) is 1.86. The van der Waals surface area contributed by atoms with Crippen molar-refractivity contribution in [2.24, 2.45) is 5.73 Å². The Morgan fingerprint density at radius 3 is 2.83 bits per heavy atom. The molecule has 0 atom stereocenters. The molecule has 0 radical (unpaired) electrons. The normalized spacial score (nSPS) is 16.7. The third-order valence-corrected chi connectivity index (χ3v) is 3.13. The summed E-state index contributed by atoms with van der Waals surface area (Å²) in [5.41, 5.74) is 5.98. The topological polar surface area (TPSA) is 64.4 Å². The molecule has 3 N–H and O–H groups in total. The van der Waals surface area contributed by atoms with Gasteiger partial charge in [-0.2, -0.15) is 0 Å². The standard InChI is InChI=1S/C13H17FN2O2/c14-12-2-1-9(13(15)17)7-10(12)8-16-11-3-5-18-6-4-11/h1-2,7,11,16H,3-6,8H2,(H2,15,17). The van der Waals surface area contributed by atoms with Crippen LogP contribution in [0.2, 0.25) is 0 Å². The summed E-state index contributed by atoms with van der Waals surface area (Å²) in [6, 6.07) is 4.52. The molecule has 1 aromatic rings. The van der Waals surface area contributed by atoms with E-state index in [1.165, 1.54) is 18.2 Å². The molecule has 98 valence electrons. The van der Waals surface area contributed by atoms with Crippen molar-refractivity contribution in [2.45, 2.75) is 25.4 Å². The molecule has 18 heavy (non-hydrogen) atoms. The fourth-order valence-electron chi connectivity index (χ4n) is 2.02. The fraction of sp³-hybridized carbons (Fsp3) is 0.462. The molecule has 5 heteroatoms. The highest BCUT2D eigenvalue weighted by Gasteiger charge is 2.14. The number of benzene rings is 1. The molecule has 0 saturated carbocycles. The van der Waals surface area contributed by atoms with Crippen LogP contribution in [0, 0.1) is 5.82 Å². The molecule has 1 aliphatic rings. The Balaban J connectivity index is 1.99. The lowest BCUT2D eigenvalue weighted by Crippen LogP contribution is -2.34. The summed E-state index contributed by atoms with van der Waals surface area (Å²) in [6.45, 7) is 1.88. The third kappa shape index (κ3) is 3.27. The lowest BCUT2D eigenvalue weighted by Gasteiger charge is -2.23. The summed E-state index contributed by atoms with van der Waals surface area (Å²) in [5, 5.41) is 3.27. The number of primary amides is 1. The highest BCUT2D eigenvalue weighted by atomic mass is 19.1. The van der Waals surface area contributed by atoms with Crippen LogP contribution in [0.5, 0.6) is 0 Å². The van der Waals surface area contributed by atoms with Gasteiger partial charge in [-0.1, -0.05) is 0 Å². The molecule has 1 saturated heterocycles. The van der Waals surface area contributed by atoms with Crippen molar-refractivity contribution in [2.75, 3.05) is 13.2 Å². The van der Waals surface area contributed by atoms with Crippen LogP contribution >= 0.6 is 0 Å². The molecule has 1 amide bonds. The Hall–Kier alpha value is -1.46. The van der Waals surface area contributed by atoms with E-state index < -0.39 is 5.91 Å². The van der Waals surface area contributed by atoms with Gasteiger partial charge in [0.1, 0.15) is 5.82 Å². The molecule has 0 aliphatic carbocycles. The SMILES string of the molecule is NC(=O)c1ccc(F)c(CNC2CCOCC2)c1. The van der Waals surface area contributed by atoms with E-state index in [-0.39, 0.29) is 5.82 Å². The number of halogens is 1. The molecule has 4 nitrogen and oxygen atoms in total. The van der Waals surface area contributed by atoms with E-state index in [1.807, 2.05) is 0 Å². The van der Waals surface area contributed by atoms with Gasteiger partial charge in [-0.3, -0.25) is 4.79 Å². The van der Waals surface area contributed by atoms with Gasteiger partial charge < -0.3 is 15.8 Å². The van der Waals surface area contributed by atoms with E-state index in [0.717, 1.165) is 26.1 Å². The minimum Gasteiger partial charge on any atom is -0.381 e. The molecule has 0 spiro atoms. The van der Waals surface area contributed by atoms with Crippen molar-refractivity contribution in [3.05, 3.63) is 35.1 Å². The van der Waals surface area contributed by atoms with Crippen LogP contribution in [-0.4, -0.2) is 25.2 Å². The average Bonchev–Trinajstić information content (AvgIpc) is 2.38. The largest absolute Gasteiger partial charge is 0.381 e. The molecular weight excluding hydrogens is 235 g/mol. The number of hydrogen-bond acceptors (Lipinski definition) is 3. The van der Waals surface area contributed by atoms with Crippen molar-refractivity contribution < 1.29 is 13.9 Å². The Morgan fingerprint density at radius 1 is 1.44 bits per heavy atom. The minimum absolute atomic E-state index is 0.320. The maximum atomic E-state index is 13.6. The second-order valence-electron chi connectivity index (χ2n) is 4.44. The number of amides is 1. The van der Waals surface area contributed by atoms with Crippen molar-refractivity contribution in [1.82, 2.24) is 5.32 Å². The molecule has 1 aromatic carbocycles. The van der Waals surface area contributed by atoms with Crippen molar-refractivity contribution in [3.8, 4) is 0 Å². The second kappa shape index (κ2) is 5.93. The zero-order chi connectivity index (χ0) is 13.0.